The molecule has 1 N–H and O–H groups in total. The normalized spacial score (nSPS) is 11.8. The summed E-state index contributed by atoms with van der Waals surface area (Å²) in [6.45, 7) is 6.57. The third kappa shape index (κ3) is 7.14. The number of hydrogen-bond donors (Lipinski definition) is 1. The molecule has 28 heavy (non-hydrogen) atoms. The van der Waals surface area contributed by atoms with Crippen LogP contribution in [0.1, 0.15) is 39.2 Å². The molecule has 2 aromatic rings. The summed E-state index contributed by atoms with van der Waals surface area (Å²) in [5.74, 6) is 2.21. The highest BCUT2D eigenvalue weighted by molar-refractivity contribution is 5.81. The molecule has 1 amide bonds. The van der Waals surface area contributed by atoms with Gasteiger partial charge in [0, 0.05) is 6.54 Å². The molecule has 1 atom stereocenters. The third-order valence-electron chi connectivity index (χ3n) is 4.21. The Morgan fingerprint density at radius 3 is 2.36 bits per heavy atom. The van der Waals surface area contributed by atoms with E-state index in [1.165, 1.54) is 5.56 Å². The maximum atomic E-state index is 12.4. The fourth-order valence-corrected chi connectivity index (χ4v) is 2.81. The lowest BCUT2D eigenvalue weighted by atomic mass is 10.1. The summed E-state index contributed by atoms with van der Waals surface area (Å²) >= 11 is 0. The van der Waals surface area contributed by atoms with Gasteiger partial charge in [0.2, 0.25) is 0 Å². The SMILES string of the molecule is CC[C@@H](Oc1ccc(OC)cc1)C(=O)NCCCc1cccc(OC(C)C)c1. The van der Waals surface area contributed by atoms with Crippen LogP contribution in [0.2, 0.25) is 0 Å². The van der Waals surface area contributed by atoms with Crippen LogP contribution in [0.5, 0.6) is 17.2 Å². The molecule has 0 bridgehead atoms. The lowest BCUT2D eigenvalue weighted by molar-refractivity contribution is -0.128. The van der Waals surface area contributed by atoms with E-state index in [1.807, 2.05) is 45.0 Å². The van der Waals surface area contributed by atoms with Gasteiger partial charge in [-0.25, -0.2) is 0 Å². The van der Waals surface area contributed by atoms with Crippen LogP contribution in [0.15, 0.2) is 48.5 Å². The van der Waals surface area contributed by atoms with E-state index in [-0.39, 0.29) is 12.0 Å². The fraction of sp³-hybridized carbons (Fsp3) is 0.435. The van der Waals surface area contributed by atoms with Crippen LogP contribution < -0.4 is 19.5 Å². The van der Waals surface area contributed by atoms with Crippen LogP contribution in [0.4, 0.5) is 0 Å². The quantitative estimate of drug-likeness (QED) is 0.583. The minimum atomic E-state index is -0.504. The largest absolute Gasteiger partial charge is 0.497 e. The average molecular weight is 386 g/mol. The molecule has 0 aliphatic rings. The Balaban J connectivity index is 1.77. The number of amides is 1. The zero-order chi connectivity index (χ0) is 20.4. The van der Waals surface area contributed by atoms with Crippen molar-refractivity contribution in [1.29, 1.82) is 0 Å². The molecule has 0 heterocycles. The highest BCUT2D eigenvalue weighted by Crippen LogP contribution is 2.19. The van der Waals surface area contributed by atoms with Crippen molar-refractivity contribution < 1.29 is 19.0 Å². The van der Waals surface area contributed by atoms with Gasteiger partial charge in [-0.3, -0.25) is 4.79 Å². The topological polar surface area (TPSA) is 56.8 Å². The Labute approximate surface area is 168 Å². The van der Waals surface area contributed by atoms with Crippen LogP contribution >= 0.6 is 0 Å². The van der Waals surface area contributed by atoms with Gasteiger partial charge < -0.3 is 19.5 Å². The van der Waals surface area contributed by atoms with Gasteiger partial charge in [-0.15, -0.1) is 0 Å². The Kier molecular flexibility index (Phi) is 8.66. The first-order chi connectivity index (χ1) is 13.5. The summed E-state index contributed by atoms with van der Waals surface area (Å²) in [7, 11) is 1.62. The predicted octanol–water partition coefficient (Wildman–Crippen LogP) is 4.39. The summed E-state index contributed by atoms with van der Waals surface area (Å²) in [4.78, 5) is 12.4. The van der Waals surface area contributed by atoms with E-state index in [1.54, 1.807) is 19.2 Å². The van der Waals surface area contributed by atoms with Gasteiger partial charge in [-0.2, -0.15) is 0 Å². The van der Waals surface area contributed by atoms with E-state index in [2.05, 4.69) is 17.4 Å². The molecular formula is C23H31NO4. The average Bonchev–Trinajstić information content (AvgIpc) is 2.69. The molecule has 2 aromatic carbocycles. The van der Waals surface area contributed by atoms with Gasteiger partial charge in [0.25, 0.3) is 5.91 Å². The van der Waals surface area contributed by atoms with Crippen LogP contribution in [0.3, 0.4) is 0 Å². The number of aryl methyl sites for hydroxylation is 1. The van der Waals surface area contributed by atoms with E-state index in [0.29, 0.717) is 18.7 Å². The van der Waals surface area contributed by atoms with Crippen LogP contribution in [0, 0.1) is 0 Å². The van der Waals surface area contributed by atoms with Gasteiger partial charge in [-0.05, 0) is 75.1 Å². The second kappa shape index (κ2) is 11.2. The van der Waals surface area contributed by atoms with Crippen molar-refractivity contribution in [3.63, 3.8) is 0 Å². The van der Waals surface area contributed by atoms with Gasteiger partial charge in [0.05, 0.1) is 13.2 Å². The number of carbonyl (C=O) groups is 1. The van der Waals surface area contributed by atoms with E-state index in [4.69, 9.17) is 14.2 Å². The standard InChI is InChI=1S/C23H31NO4/c1-5-22(28-20-13-11-19(26-4)12-14-20)23(25)24-15-7-9-18-8-6-10-21(16-18)27-17(2)3/h6,8,10-14,16-17,22H,5,7,9,15H2,1-4H3,(H,24,25)/t22-/m1/s1. The molecule has 0 radical (unpaired) electrons. The van der Waals surface area contributed by atoms with Crippen LogP contribution in [0.25, 0.3) is 0 Å². The van der Waals surface area contributed by atoms with Crippen molar-refractivity contribution in [1.82, 2.24) is 5.32 Å². The lowest BCUT2D eigenvalue weighted by Crippen LogP contribution is -2.38. The predicted molar refractivity (Wildman–Crippen MR) is 111 cm³/mol. The monoisotopic (exact) mass is 385 g/mol. The summed E-state index contributed by atoms with van der Waals surface area (Å²) in [6.07, 6.45) is 2.00. The fourth-order valence-electron chi connectivity index (χ4n) is 2.81. The maximum Gasteiger partial charge on any atom is 0.261 e. The van der Waals surface area contributed by atoms with Crippen molar-refractivity contribution in [2.45, 2.75) is 52.2 Å². The van der Waals surface area contributed by atoms with Crippen molar-refractivity contribution >= 4 is 5.91 Å². The van der Waals surface area contributed by atoms with Crippen molar-refractivity contribution in [2.24, 2.45) is 0 Å². The number of methoxy groups -OCH3 is 1. The highest BCUT2D eigenvalue weighted by Gasteiger charge is 2.17. The molecule has 0 saturated carbocycles. The van der Waals surface area contributed by atoms with Crippen molar-refractivity contribution in [3.05, 3.63) is 54.1 Å². The van der Waals surface area contributed by atoms with E-state index < -0.39 is 6.10 Å². The summed E-state index contributed by atoms with van der Waals surface area (Å²) in [5, 5.41) is 2.97. The number of ether oxygens (including phenoxy) is 3. The molecule has 0 aliphatic carbocycles. The second-order valence-electron chi connectivity index (χ2n) is 6.90. The first-order valence-corrected chi connectivity index (χ1v) is 9.85. The highest BCUT2D eigenvalue weighted by atomic mass is 16.5. The van der Waals surface area contributed by atoms with Crippen molar-refractivity contribution in [3.8, 4) is 17.2 Å². The molecule has 0 aliphatic heterocycles. The molecule has 0 aromatic heterocycles. The van der Waals surface area contributed by atoms with Gasteiger partial charge in [0.1, 0.15) is 17.2 Å². The third-order valence-corrected chi connectivity index (χ3v) is 4.21. The Hall–Kier alpha value is -2.69. The summed E-state index contributed by atoms with van der Waals surface area (Å²) in [6, 6.07) is 15.4. The molecule has 2 rings (SSSR count). The Morgan fingerprint density at radius 2 is 1.71 bits per heavy atom. The molecule has 152 valence electrons. The number of rotatable bonds is 11. The second-order valence-corrected chi connectivity index (χ2v) is 6.90. The Morgan fingerprint density at radius 1 is 1.00 bits per heavy atom. The number of carbonyl (C=O) groups excluding carboxylic acids is 1. The minimum Gasteiger partial charge on any atom is -0.497 e. The first-order valence-electron chi connectivity index (χ1n) is 9.85. The van der Waals surface area contributed by atoms with Crippen LogP contribution in [-0.2, 0) is 11.2 Å². The van der Waals surface area contributed by atoms with E-state index in [0.717, 1.165) is 24.3 Å². The molecule has 0 saturated heterocycles. The zero-order valence-corrected chi connectivity index (χ0v) is 17.2. The smallest absolute Gasteiger partial charge is 0.261 e. The number of nitrogens with one attached hydrogen (secondary N) is 1. The maximum absolute atomic E-state index is 12.4. The summed E-state index contributed by atoms with van der Waals surface area (Å²) < 4.78 is 16.7. The molecule has 0 fully saturated rings. The number of hydrogen-bond acceptors (Lipinski definition) is 4. The van der Waals surface area contributed by atoms with Crippen molar-refractivity contribution in [2.75, 3.05) is 13.7 Å². The van der Waals surface area contributed by atoms with E-state index in [9.17, 15) is 4.79 Å². The zero-order valence-electron chi connectivity index (χ0n) is 17.2. The minimum absolute atomic E-state index is 0.0878. The van der Waals surface area contributed by atoms with Gasteiger partial charge in [0.15, 0.2) is 6.10 Å². The molecular weight excluding hydrogens is 354 g/mol. The molecule has 0 unspecified atom stereocenters. The van der Waals surface area contributed by atoms with Gasteiger partial charge >= 0.3 is 0 Å². The van der Waals surface area contributed by atoms with Gasteiger partial charge in [-0.1, -0.05) is 19.1 Å². The summed E-state index contributed by atoms with van der Waals surface area (Å²) in [5.41, 5.74) is 1.20. The van der Waals surface area contributed by atoms with E-state index >= 15 is 0 Å². The lowest BCUT2D eigenvalue weighted by Gasteiger charge is -2.17. The number of benzene rings is 2. The molecule has 5 nitrogen and oxygen atoms in total. The molecule has 0 spiro atoms. The first kappa shape index (κ1) is 21.6. The van der Waals surface area contributed by atoms with Crippen LogP contribution in [-0.4, -0.2) is 31.8 Å². The molecule has 5 heteroatoms. The Bertz CT molecular complexity index is 728.